The van der Waals surface area contributed by atoms with Crippen LogP contribution in [0.4, 0.5) is 8.78 Å². The zero-order valence-electron chi connectivity index (χ0n) is 11.3. The van der Waals surface area contributed by atoms with Gasteiger partial charge in [-0.1, -0.05) is 25.5 Å². The predicted molar refractivity (Wildman–Crippen MR) is 77.5 cm³/mol. The molecule has 106 valence electrons. The van der Waals surface area contributed by atoms with Crippen molar-refractivity contribution in [3.63, 3.8) is 0 Å². The minimum Gasteiger partial charge on any atom is -0.309 e. The summed E-state index contributed by atoms with van der Waals surface area (Å²) in [4.78, 5) is 0. The van der Waals surface area contributed by atoms with Crippen LogP contribution in [0.2, 0.25) is 0 Å². The van der Waals surface area contributed by atoms with E-state index in [1.807, 2.05) is 11.8 Å². The van der Waals surface area contributed by atoms with E-state index in [4.69, 9.17) is 0 Å². The summed E-state index contributed by atoms with van der Waals surface area (Å²) in [6.07, 6.45) is 4.47. The van der Waals surface area contributed by atoms with E-state index in [9.17, 15) is 8.78 Å². The van der Waals surface area contributed by atoms with Crippen LogP contribution in [0.15, 0.2) is 18.2 Å². The van der Waals surface area contributed by atoms with E-state index in [1.165, 1.54) is 18.9 Å². The lowest BCUT2D eigenvalue weighted by Crippen LogP contribution is -2.33. The van der Waals surface area contributed by atoms with Gasteiger partial charge in [-0.15, -0.1) is 0 Å². The van der Waals surface area contributed by atoms with Gasteiger partial charge < -0.3 is 5.32 Å². The third-order valence-electron chi connectivity index (χ3n) is 3.52. The van der Waals surface area contributed by atoms with Crippen LogP contribution in [0.3, 0.4) is 0 Å². The normalized spacial score (nSPS) is 21.3. The molecule has 1 aliphatic heterocycles. The Morgan fingerprint density at radius 1 is 1.37 bits per heavy atom. The molecule has 1 aromatic carbocycles. The Labute approximate surface area is 118 Å². The molecule has 0 radical (unpaired) electrons. The van der Waals surface area contributed by atoms with Gasteiger partial charge in [0.2, 0.25) is 0 Å². The molecule has 1 aromatic rings. The molecule has 0 bridgehead atoms. The SMILES string of the molecule is CCCNC(c1cccc(F)c1F)C1CCCCS1. The van der Waals surface area contributed by atoms with Gasteiger partial charge in [-0.3, -0.25) is 0 Å². The molecule has 2 atom stereocenters. The number of halogens is 2. The first-order chi connectivity index (χ1) is 9.24. The Balaban J connectivity index is 2.22. The van der Waals surface area contributed by atoms with Crippen LogP contribution in [0, 0.1) is 11.6 Å². The molecule has 2 rings (SSSR count). The summed E-state index contributed by atoms with van der Waals surface area (Å²) >= 11 is 1.88. The van der Waals surface area contributed by atoms with Crippen molar-refractivity contribution >= 4 is 11.8 Å². The molecule has 0 amide bonds. The van der Waals surface area contributed by atoms with E-state index in [1.54, 1.807) is 12.1 Å². The molecular weight excluding hydrogens is 264 g/mol. The van der Waals surface area contributed by atoms with E-state index >= 15 is 0 Å². The molecule has 0 saturated carbocycles. The van der Waals surface area contributed by atoms with Gasteiger partial charge in [-0.25, -0.2) is 8.78 Å². The molecule has 0 aliphatic carbocycles. The first kappa shape index (κ1) is 14.8. The van der Waals surface area contributed by atoms with Crippen molar-refractivity contribution in [2.45, 2.75) is 43.9 Å². The Morgan fingerprint density at radius 3 is 2.89 bits per heavy atom. The Hall–Kier alpha value is -0.610. The van der Waals surface area contributed by atoms with Crippen molar-refractivity contribution in [1.29, 1.82) is 0 Å². The van der Waals surface area contributed by atoms with Crippen LogP contribution in [-0.2, 0) is 0 Å². The van der Waals surface area contributed by atoms with Crippen LogP contribution in [0.1, 0.15) is 44.2 Å². The minimum absolute atomic E-state index is 0.0825. The predicted octanol–water partition coefficient (Wildman–Crippen LogP) is 4.29. The molecule has 1 N–H and O–H groups in total. The molecule has 19 heavy (non-hydrogen) atoms. The maximum absolute atomic E-state index is 14.0. The fourth-order valence-electron chi connectivity index (χ4n) is 2.53. The number of benzene rings is 1. The van der Waals surface area contributed by atoms with Crippen molar-refractivity contribution in [2.24, 2.45) is 0 Å². The molecule has 1 saturated heterocycles. The third-order valence-corrected chi connectivity index (χ3v) is 4.98. The zero-order chi connectivity index (χ0) is 13.7. The highest BCUT2D eigenvalue weighted by Crippen LogP contribution is 2.36. The summed E-state index contributed by atoms with van der Waals surface area (Å²) in [5.41, 5.74) is 0.479. The summed E-state index contributed by atoms with van der Waals surface area (Å²) in [7, 11) is 0. The van der Waals surface area contributed by atoms with Crippen molar-refractivity contribution in [1.82, 2.24) is 5.32 Å². The number of hydrogen-bond donors (Lipinski definition) is 1. The van der Waals surface area contributed by atoms with Crippen LogP contribution in [-0.4, -0.2) is 17.5 Å². The summed E-state index contributed by atoms with van der Waals surface area (Å²) in [5, 5.41) is 3.74. The summed E-state index contributed by atoms with van der Waals surface area (Å²) in [6, 6.07) is 4.41. The highest BCUT2D eigenvalue weighted by atomic mass is 32.2. The van der Waals surface area contributed by atoms with Crippen molar-refractivity contribution in [3.8, 4) is 0 Å². The Morgan fingerprint density at radius 2 is 2.21 bits per heavy atom. The standard InChI is InChI=1S/C15H21F2NS/c1-2-9-18-15(13-8-3-4-10-19-13)11-6-5-7-12(16)14(11)17/h5-7,13,15,18H,2-4,8-10H2,1H3. The quantitative estimate of drug-likeness (QED) is 0.866. The van der Waals surface area contributed by atoms with E-state index in [2.05, 4.69) is 12.2 Å². The van der Waals surface area contributed by atoms with Gasteiger partial charge >= 0.3 is 0 Å². The van der Waals surface area contributed by atoms with Crippen LogP contribution < -0.4 is 5.32 Å². The van der Waals surface area contributed by atoms with Gasteiger partial charge in [-0.2, -0.15) is 11.8 Å². The molecule has 2 unspecified atom stereocenters. The smallest absolute Gasteiger partial charge is 0.163 e. The maximum atomic E-state index is 14.0. The average Bonchev–Trinajstić information content (AvgIpc) is 2.45. The van der Waals surface area contributed by atoms with Gasteiger partial charge in [-0.05, 0) is 37.6 Å². The van der Waals surface area contributed by atoms with Crippen LogP contribution >= 0.6 is 11.8 Å². The van der Waals surface area contributed by atoms with Crippen molar-refractivity contribution in [2.75, 3.05) is 12.3 Å². The Kier molecular flexibility index (Phi) is 5.64. The second kappa shape index (κ2) is 7.25. The summed E-state index contributed by atoms with van der Waals surface area (Å²) in [6.45, 7) is 2.91. The molecule has 0 aromatic heterocycles. The number of rotatable bonds is 5. The monoisotopic (exact) mass is 285 g/mol. The lowest BCUT2D eigenvalue weighted by atomic mass is 9.98. The molecule has 1 heterocycles. The highest BCUT2D eigenvalue weighted by molar-refractivity contribution is 8.00. The van der Waals surface area contributed by atoms with E-state index in [0.717, 1.165) is 25.1 Å². The van der Waals surface area contributed by atoms with E-state index in [-0.39, 0.29) is 6.04 Å². The first-order valence-corrected chi connectivity index (χ1v) is 8.07. The van der Waals surface area contributed by atoms with Gasteiger partial charge in [0, 0.05) is 16.9 Å². The third kappa shape index (κ3) is 3.69. The lowest BCUT2D eigenvalue weighted by Gasteiger charge is -2.31. The van der Waals surface area contributed by atoms with Gasteiger partial charge in [0.15, 0.2) is 11.6 Å². The number of hydrogen-bond acceptors (Lipinski definition) is 2. The molecular formula is C15H21F2NS. The van der Waals surface area contributed by atoms with Gasteiger partial charge in [0.05, 0.1) is 0 Å². The van der Waals surface area contributed by atoms with Crippen molar-refractivity contribution < 1.29 is 8.78 Å². The summed E-state index contributed by atoms with van der Waals surface area (Å²) in [5.74, 6) is -0.324. The van der Waals surface area contributed by atoms with Gasteiger partial charge in [0.25, 0.3) is 0 Å². The number of thioether (sulfide) groups is 1. The van der Waals surface area contributed by atoms with Crippen molar-refractivity contribution in [3.05, 3.63) is 35.4 Å². The van der Waals surface area contributed by atoms with E-state index < -0.39 is 11.6 Å². The summed E-state index contributed by atoms with van der Waals surface area (Å²) < 4.78 is 27.4. The second-order valence-electron chi connectivity index (χ2n) is 4.98. The lowest BCUT2D eigenvalue weighted by molar-refractivity contribution is 0.438. The minimum atomic E-state index is -0.749. The average molecular weight is 285 g/mol. The first-order valence-electron chi connectivity index (χ1n) is 7.03. The number of nitrogens with one attached hydrogen (secondary N) is 1. The molecule has 0 spiro atoms. The maximum Gasteiger partial charge on any atom is 0.163 e. The molecule has 1 nitrogen and oxygen atoms in total. The highest BCUT2D eigenvalue weighted by Gasteiger charge is 2.28. The zero-order valence-corrected chi connectivity index (χ0v) is 12.1. The topological polar surface area (TPSA) is 12.0 Å². The fraction of sp³-hybridized carbons (Fsp3) is 0.600. The van der Waals surface area contributed by atoms with Crippen LogP contribution in [0.5, 0.6) is 0 Å². The molecule has 1 aliphatic rings. The van der Waals surface area contributed by atoms with Gasteiger partial charge in [0.1, 0.15) is 0 Å². The van der Waals surface area contributed by atoms with E-state index in [0.29, 0.717) is 10.8 Å². The largest absolute Gasteiger partial charge is 0.309 e. The van der Waals surface area contributed by atoms with Crippen LogP contribution in [0.25, 0.3) is 0 Å². The second-order valence-corrected chi connectivity index (χ2v) is 6.33. The molecule has 1 fully saturated rings. The Bertz CT molecular complexity index is 405. The molecule has 4 heteroatoms. The fourth-order valence-corrected chi connectivity index (χ4v) is 3.97.